The smallest absolute Gasteiger partial charge is 0.118 e. The molecule has 1 aliphatic heterocycles. The third-order valence-electron chi connectivity index (χ3n) is 2.45. The molecule has 0 aliphatic carbocycles. The fraction of sp³-hybridized carbons (Fsp3) is 0.400. The first-order valence-electron chi connectivity index (χ1n) is 4.70. The van der Waals surface area contributed by atoms with E-state index in [1.165, 1.54) is 5.56 Å². The van der Waals surface area contributed by atoms with Gasteiger partial charge >= 0.3 is 0 Å². The Morgan fingerprint density at radius 2 is 2.00 bits per heavy atom. The highest BCUT2D eigenvalue weighted by Crippen LogP contribution is 2.22. The van der Waals surface area contributed by atoms with Crippen molar-refractivity contribution in [3.63, 3.8) is 0 Å². The van der Waals surface area contributed by atoms with Crippen LogP contribution in [0.15, 0.2) is 24.3 Å². The molecule has 1 saturated heterocycles. The maximum absolute atomic E-state index is 5.72. The van der Waals surface area contributed by atoms with Gasteiger partial charge < -0.3 is 10.5 Å². The van der Waals surface area contributed by atoms with E-state index in [0.717, 1.165) is 12.2 Å². The van der Waals surface area contributed by atoms with Gasteiger partial charge in [-0.2, -0.15) is 0 Å². The van der Waals surface area contributed by atoms with Gasteiger partial charge in [-0.05, 0) is 24.1 Å². The topological polar surface area (TPSA) is 59.3 Å². The highest BCUT2D eigenvalue weighted by Gasteiger charge is 2.21. The van der Waals surface area contributed by atoms with Gasteiger partial charge in [-0.15, -0.1) is 0 Å². The maximum Gasteiger partial charge on any atom is 0.118 e. The molecular formula is C10H15N3O. The second kappa shape index (κ2) is 3.96. The van der Waals surface area contributed by atoms with Gasteiger partial charge in [0.2, 0.25) is 0 Å². The number of methoxy groups -OCH3 is 1. The summed E-state index contributed by atoms with van der Waals surface area (Å²) in [5, 5.41) is 0. The van der Waals surface area contributed by atoms with Crippen LogP contribution < -0.4 is 21.3 Å². The highest BCUT2D eigenvalue weighted by molar-refractivity contribution is 5.29. The lowest BCUT2D eigenvalue weighted by Crippen LogP contribution is -2.36. The van der Waals surface area contributed by atoms with Gasteiger partial charge in [0.05, 0.1) is 13.3 Å². The quantitative estimate of drug-likeness (QED) is 0.641. The molecule has 2 atom stereocenters. The lowest BCUT2D eigenvalue weighted by atomic mass is 10.0. The highest BCUT2D eigenvalue weighted by atomic mass is 16.5. The Balaban J connectivity index is 2.09. The van der Waals surface area contributed by atoms with Crippen molar-refractivity contribution in [1.82, 2.24) is 10.9 Å². The average Bonchev–Trinajstić information content (AvgIpc) is 2.65. The zero-order chi connectivity index (χ0) is 9.97. The molecule has 1 heterocycles. The molecule has 0 amide bonds. The van der Waals surface area contributed by atoms with E-state index in [-0.39, 0.29) is 6.17 Å². The summed E-state index contributed by atoms with van der Waals surface area (Å²) in [5.41, 5.74) is 13.1. The monoisotopic (exact) mass is 193 g/mol. The Bertz CT molecular complexity index is 299. The number of hydrazine groups is 1. The van der Waals surface area contributed by atoms with Crippen LogP contribution in [0.2, 0.25) is 0 Å². The molecule has 1 fully saturated rings. The van der Waals surface area contributed by atoms with E-state index in [1.54, 1.807) is 7.11 Å². The predicted octanol–water partition coefficient (Wildman–Crippen LogP) is 0.519. The van der Waals surface area contributed by atoms with E-state index in [0.29, 0.717) is 6.04 Å². The summed E-state index contributed by atoms with van der Waals surface area (Å²) in [4.78, 5) is 0. The number of nitrogens with two attached hydrogens (primary N) is 1. The second-order valence-corrected chi connectivity index (χ2v) is 3.46. The summed E-state index contributed by atoms with van der Waals surface area (Å²) in [5.74, 6) is 0.879. The molecule has 0 aromatic heterocycles. The first-order valence-corrected chi connectivity index (χ1v) is 4.70. The lowest BCUT2D eigenvalue weighted by molar-refractivity contribution is 0.414. The maximum atomic E-state index is 5.72. The number of hydrogen-bond donors (Lipinski definition) is 3. The van der Waals surface area contributed by atoms with Crippen LogP contribution >= 0.6 is 0 Å². The normalized spacial score (nSPS) is 26.4. The molecule has 4 heteroatoms. The minimum absolute atomic E-state index is 0.0436. The summed E-state index contributed by atoms with van der Waals surface area (Å²) >= 11 is 0. The minimum Gasteiger partial charge on any atom is -0.497 e. The van der Waals surface area contributed by atoms with Crippen LogP contribution in [0.3, 0.4) is 0 Å². The summed E-state index contributed by atoms with van der Waals surface area (Å²) in [6, 6.07) is 8.32. The molecule has 0 bridgehead atoms. The molecule has 1 aromatic rings. The number of rotatable bonds is 2. The van der Waals surface area contributed by atoms with E-state index in [4.69, 9.17) is 10.5 Å². The predicted molar refractivity (Wildman–Crippen MR) is 54.6 cm³/mol. The van der Waals surface area contributed by atoms with E-state index in [9.17, 15) is 0 Å². The molecule has 1 aliphatic rings. The zero-order valence-electron chi connectivity index (χ0n) is 8.16. The SMILES string of the molecule is COc1ccc(C2CC(N)NN2)cc1. The van der Waals surface area contributed by atoms with Gasteiger partial charge in [-0.25, -0.2) is 10.9 Å². The fourth-order valence-electron chi connectivity index (χ4n) is 1.64. The molecule has 0 radical (unpaired) electrons. The molecule has 14 heavy (non-hydrogen) atoms. The molecule has 0 saturated carbocycles. The summed E-state index contributed by atoms with van der Waals surface area (Å²) in [7, 11) is 1.67. The first kappa shape index (κ1) is 9.45. The van der Waals surface area contributed by atoms with Gasteiger partial charge in [0.15, 0.2) is 0 Å². The van der Waals surface area contributed by atoms with E-state index in [1.807, 2.05) is 12.1 Å². The Labute approximate surface area is 83.4 Å². The standard InChI is InChI=1S/C10H15N3O/c1-14-8-4-2-7(3-5-8)9-6-10(11)13-12-9/h2-5,9-10,12-13H,6,11H2,1H3. The van der Waals surface area contributed by atoms with Gasteiger partial charge in [0.25, 0.3) is 0 Å². The van der Waals surface area contributed by atoms with Crippen molar-refractivity contribution in [2.75, 3.05) is 7.11 Å². The summed E-state index contributed by atoms with van der Waals surface area (Å²) in [6.07, 6.45) is 0.953. The van der Waals surface area contributed by atoms with Crippen LogP contribution in [0.25, 0.3) is 0 Å². The van der Waals surface area contributed by atoms with Crippen molar-refractivity contribution >= 4 is 0 Å². The van der Waals surface area contributed by atoms with E-state index in [2.05, 4.69) is 23.0 Å². The average molecular weight is 193 g/mol. The Morgan fingerprint density at radius 3 is 2.50 bits per heavy atom. The number of nitrogens with one attached hydrogen (secondary N) is 2. The summed E-state index contributed by atoms with van der Waals surface area (Å²) < 4.78 is 5.09. The van der Waals surface area contributed by atoms with Crippen molar-refractivity contribution in [2.45, 2.75) is 18.6 Å². The Kier molecular flexibility index (Phi) is 2.67. The minimum atomic E-state index is 0.0436. The first-order chi connectivity index (χ1) is 6.79. The van der Waals surface area contributed by atoms with Crippen molar-refractivity contribution in [1.29, 1.82) is 0 Å². The van der Waals surface area contributed by atoms with Crippen LogP contribution in [-0.4, -0.2) is 13.3 Å². The van der Waals surface area contributed by atoms with Crippen LogP contribution in [0.5, 0.6) is 5.75 Å². The Morgan fingerprint density at radius 1 is 1.29 bits per heavy atom. The molecule has 0 spiro atoms. The summed E-state index contributed by atoms with van der Waals surface area (Å²) in [6.45, 7) is 0. The van der Waals surface area contributed by atoms with E-state index < -0.39 is 0 Å². The van der Waals surface area contributed by atoms with Crippen molar-refractivity contribution in [2.24, 2.45) is 5.73 Å². The van der Waals surface area contributed by atoms with Crippen LogP contribution in [-0.2, 0) is 0 Å². The fourth-order valence-corrected chi connectivity index (χ4v) is 1.64. The van der Waals surface area contributed by atoms with E-state index >= 15 is 0 Å². The van der Waals surface area contributed by atoms with Crippen molar-refractivity contribution < 1.29 is 4.74 Å². The molecule has 4 N–H and O–H groups in total. The molecular weight excluding hydrogens is 178 g/mol. The van der Waals surface area contributed by atoms with Crippen molar-refractivity contribution in [3.8, 4) is 5.75 Å². The third-order valence-corrected chi connectivity index (χ3v) is 2.45. The van der Waals surface area contributed by atoms with Crippen LogP contribution in [0.1, 0.15) is 18.0 Å². The zero-order valence-corrected chi connectivity index (χ0v) is 8.16. The number of ether oxygens (including phenoxy) is 1. The van der Waals surface area contributed by atoms with Crippen LogP contribution in [0.4, 0.5) is 0 Å². The molecule has 1 aromatic carbocycles. The van der Waals surface area contributed by atoms with Gasteiger partial charge in [-0.1, -0.05) is 12.1 Å². The van der Waals surface area contributed by atoms with Crippen molar-refractivity contribution in [3.05, 3.63) is 29.8 Å². The Hall–Kier alpha value is -1.10. The number of hydrogen-bond acceptors (Lipinski definition) is 4. The van der Waals surface area contributed by atoms with Gasteiger partial charge in [0, 0.05) is 6.04 Å². The lowest BCUT2D eigenvalue weighted by Gasteiger charge is -2.09. The van der Waals surface area contributed by atoms with Crippen LogP contribution in [0, 0.1) is 0 Å². The molecule has 4 nitrogen and oxygen atoms in total. The molecule has 2 rings (SSSR count). The van der Waals surface area contributed by atoms with Gasteiger partial charge in [0.1, 0.15) is 5.75 Å². The molecule has 2 unspecified atom stereocenters. The molecule has 76 valence electrons. The number of benzene rings is 1. The second-order valence-electron chi connectivity index (χ2n) is 3.46. The van der Waals surface area contributed by atoms with Gasteiger partial charge in [-0.3, -0.25) is 0 Å². The third kappa shape index (κ3) is 1.87. The largest absolute Gasteiger partial charge is 0.497 e.